The topological polar surface area (TPSA) is 75.1 Å². The Morgan fingerprint density at radius 3 is 2.55 bits per heavy atom. The van der Waals surface area contributed by atoms with Crippen LogP contribution in [0.5, 0.6) is 0 Å². The zero-order valence-electron chi connectivity index (χ0n) is 18.9. The highest BCUT2D eigenvalue weighted by atomic mass is 16.5. The number of piperazine rings is 1. The van der Waals surface area contributed by atoms with Crippen molar-refractivity contribution >= 4 is 34.4 Å². The van der Waals surface area contributed by atoms with Crippen molar-refractivity contribution in [2.24, 2.45) is 0 Å². The van der Waals surface area contributed by atoms with Gasteiger partial charge in [-0.3, -0.25) is 14.5 Å². The number of methoxy groups -OCH3 is 1. The number of likely N-dealkylation sites (N-methyl/N-ethyl adjacent to an activating group) is 1. The summed E-state index contributed by atoms with van der Waals surface area (Å²) in [7, 11) is 5.19. The molecule has 0 bridgehead atoms. The van der Waals surface area contributed by atoms with Gasteiger partial charge in [-0.25, -0.2) is 4.79 Å². The molecule has 3 aromatic rings. The lowest BCUT2D eigenvalue weighted by Crippen LogP contribution is -2.57. The minimum absolute atomic E-state index is 0.00525. The van der Waals surface area contributed by atoms with Gasteiger partial charge in [0, 0.05) is 24.0 Å². The highest BCUT2D eigenvalue weighted by Crippen LogP contribution is 2.43. The summed E-state index contributed by atoms with van der Waals surface area (Å²) in [5.74, 6) is -0.876. The molecule has 1 unspecified atom stereocenters. The Morgan fingerprint density at radius 1 is 1.06 bits per heavy atom. The van der Waals surface area contributed by atoms with Crippen molar-refractivity contribution in [1.82, 2.24) is 14.4 Å². The van der Waals surface area contributed by atoms with Gasteiger partial charge in [0.15, 0.2) is 6.04 Å². The van der Waals surface area contributed by atoms with Crippen LogP contribution in [0.2, 0.25) is 0 Å². The summed E-state index contributed by atoms with van der Waals surface area (Å²) in [5.41, 5.74) is 3.30. The summed E-state index contributed by atoms with van der Waals surface area (Å²) < 4.78 is 7.14. The Balaban J connectivity index is 1.79. The van der Waals surface area contributed by atoms with Crippen LogP contribution in [0.1, 0.15) is 27.7 Å². The number of ether oxygens (including phenoxy) is 1. The van der Waals surface area contributed by atoms with Gasteiger partial charge in [-0.2, -0.15) is 0 Å². The third-order valence-corrected chi connectivity index (χ3v) is 6.45. The minimum atomic E-state index is -0.946. The number of hydrogen-bond donors (Lipinski definition) is 0. The van der Waals surface area contributed by atoms with Crippen LogP contribution in [0.3, 0.4) is 0 Å². The molecule has 1 atom stereocenters. The SMILES string of the molecule is COC(=O)c1c2n(c3ccccc13)Cc1ccccc1N1C(=O)CN(CCN(C)C)C(=O)C21. The largest absolute Gasteiger partial charge is 0.465 e. The number of rotatable bonds is 4. The molecule has 8 heteroatoms. The van der Waals surface area contributed by atoms with Crippen LogP contribution < -0.4 is 4.90 Å². The van der Waals surface area contributed by atoms with E-state index in [4.69, 9.17) is 4.74 Å². The highest BCUT2D eigenvalue weighted by Gasteiger charge is 2.47. The van der Waals surface area contributed by atoms with E-state index in [1.807, 2.05) is 72.1 Å². The number of carbonyl (C=O) groups excluding carboxylic acids is 3. The maximum Gasteiger partial charge on any atom is 0.340 e. The lowest BCUT2D eigenvalue weighted by atomic mass is 10.00. The highest BCUT2D eigenvalue weighted by molar-refractivity contribution is 6.12. The molecule has 2 aliphatic rings. The number of amides is 2. The number of esters is 1. The van der Waals surface area contributed by atoms with E-state index in [-0.39, 0.29) is 18.4 Å². The van der Waals surface area contributed by atoms with Gasteiger partial charge < -0.3 is 19.1 Å². The van der Waals surface area contributed by atoms with Gasteiger partial charge in [0.2, 0.25) is 5.91 Å². The second-order valence-corrected chi connectivity index (χ2v) is 8.71. The molecule has 2 aromatic carbocycles. The van der Waals surface area contributed by atoms with Crippen LogP contribution in [0.15, 0.2) is 48.5 Å². The van der Waals surface area contributed by atoms with Gasteiger partial charge in [0.1, 0.15) is 6.54 Å². The maximum atomic E-state index is 13.9. The van der Waals surface area contributed by atoms with Crippen LogP contribution in [-0.2, 0) is 20.9 Å². The third-order valence-electron chi connectivity index (χ3n) is 6.45. The lowest BCUT2D eigenvalue weighted by molar-refractivity contribution is -0.142. The molecule has 0 spiro atoms. The number of hydrogen-bond acceptors (Lipinski definition) is 5. The molecular weight excluding hydrogens is 420 g/mol. The molecule has 0 radical (unpaired) electrons. The summed E-state index contributed by atoms with van der Waals surface area (Å²) in [4.78, 5) is 45.6. The molecule has 1 fully saturated rings. The zero-order valence-corrected chi connectivity index (χ0v) is 18.9. The molecule has 2 amide bonds. The fourth-order valence-corrected chi connectivity index (χ4v) is 4.91. The van der Waals surface area contributed by atoms with Gasteiger partial charge in [-0.05, 0) is 31.8 Å². The van der Waals surface area contributed by atoms with E-state index >= 15 is 0 Å². The Bertz CT molecular complexity index is 1280. The fourth-order valence-electron chi connectivity index (χ4n) is 4.91. The van der Waals surface area contributed by atoms with E-state index < -0.39 is 12.0 Å². The second-order valence-electron chi connectivity index (χ2n) is 8.71. The minimum Gasteiger partial charge on any atom is -0.465 e. The number of benzene rings is 2. The molecule has 1 aromatic heterocycles. The van der Waals surface area contributed by atoms with E-state index in [2.05, 4.69) is 0 Å². The van der Waals surface area contributed by atoms with Crippen LogP contribution >= 0.6 is 0 Å². The number of carbonyl (C=O) groups is 3. The first-order valence-corrected chi connectivity index (χ1v) is 10.9. The maximum absolute atomic E-state index is 13.9. The first kappa shape index (κ1) is 21.2. The Hall–Kier alpha value is -3.65. The molecule has 0 saturated carbocycles. The van der Waals surface area contributed by atoms with E-state index in [0.717, 1.165) is 11.1 Å². The van der Waals surface area contributed by atoms with Crippen molar-refractivity contribution < 1.29 is 19.1 Å². The monoisotopic (exact) mass is 446 g/mol. The quantitative estimate of drug-likeness (QED) is 0.575. The number of anilines is 1. The number of nitrogens with zero attached hydrogens (tertiary/aromatic N) is 4. The summed E-state index contributed by atoms with van der Waals surface area (Å²) in [5, 5.41) is 0.712. The first-order valence-electron chi connectivity index (χ1n) is 10.9. The van der Waals surface area contributed by atoms with Crippen molar-refractivity contribution in [3.63, 3.8) is 0 Å². The van der Waals surface area contributed by atoms with Crippen LogP contribution in [0, 0.1) is 0 Å². The van der Waals surface area contributed by atoms with E-state index in [0.29, 0.717) is 42.0 Å². The lowest BCUT2D eigenvalue weighted by Gasteiger charge is -2.40. The molecule has 8 nitrogen and oxygen atoms in total. The van der Waals surface area contributed by atoms with Gasteiger partial charge in [-0.15, -0.1) is 0 Å². The summed E-state index contributed by atoms with van der Waals surface area (Å²) in [6, 6.07) is 14.2. The zero-order chi connectivity index (χ0) is 23.3. The van der Waals surface area contributed by atoms with Crippen LogP contribution in [-0.4, -0.2) is 73.0 Å². The Kier molecular flexibility index (Phi) is 5.17. The van der Waals surface area contributed by atoms with E-state index in [1.165, 1.54) is 7.11 Å². The van der Waals surface area contributed by atoms with Gasteiger partial charge in [0.25, 0.3) is 5.91 Å². The predicted molar refractivity (Wildman–Crippen MR) is 124 cm³/mol. The molecule has 170 valence electrons. The average Bonchev–Trinajstić information content (AvgIpc) is 3.03. The van der Waals surface area contributed by atoms with Crippen molar-refractivity contribution in [1.29, 1.82) is 0 Å². The number of para-hydroxylation sites is 2. The van der Waals surface area contributed by atoms with Gasteiger partial charge in [-0.1, -0.05) is 36.4 Å². The third kappa shape index (κ3) is 3.29. The summed E-state index contributed by atoms with van der Waals surface area (Å²) >= 11 is 0. The van der Waals surface area contributed by atoms with Gasteiger partial charge >= 0.3 is 5.97 Å². The number of fused-ring (bicyclic) bond motifs is 7. The van der Waals surface area contributed by atoms with Crippen molar-refractivity contribution in [3.05, 3.63) is 65.4 Å². The smallest absolute Gasteiger partial charge is 0.340 e. The molecule has 2 aliphatic heterocycles. The van der Waals surface area contributed by atoms with Crippen molar-refractivity contribution in [2.75, 3.05) is 45.7 Å². The second kappa shape index (κ2) is 8.04. The fraction of sp³-hybridized carbons (Fsp3) is 0.320. The molecule has 33 heavy (non-hydrogen) atoms. The van der Waals surface area contributed by atoms with Gasteiger partial charge in [0.05, 0.1) is 30.6 Å². The summed E-state index contributed by atoms with van der Waals surface area (Å²) in [6.45, 7) is 1.51. The first-order chi connectivity index (χ1) is 15.9. The molecule has 3 heterocycles. The summed E-state index contributed by atoms with van der Waals surface area (Å²) in [6.07, 6.45) is 0. The Morgan fingerprint density at radius 2 is 1.79 bits per heavy atom. The normalized spacial score (nSPS) is 17.6. The average molecular weight is 447 g/mol. The van der Waals surface area contributed by atoms with Crippen LogP contribution in [0.4, 0.5) is 5.69 Å². The van der Waals surface area contributed by atoms with Crippen molar-refractivity contribution in [3.8, 4) is 0 Å². The molecule has 0 N–H and O–H groups in total. The molecule has 5 rings (SSSR count). The molecule has 1 saturated heterocycles. The predicted octanol–water partition coefficient (Wildman–Crippen LogP) is 2.27. The molecule has 0 aliphatic carbocycles. The van der Waals surface area contributed by atoms with Crippen molar-refractivity contribution in [2.45, 2.75) is 12.6 Å². The number of aromatic nitrogens is 1. The molecular formula is C25H26N4O4. The standard InChI is InChI=1S/C25H26N4O4/c1-26(2)12-13-27-15-20(30)29-18-10-6-4-8-16(18)14-28-19-11-7-5-9-17(19)21(25(32)33-3)22(28)23(29)24(27)31/h4-11,23H,12-15H2,1-3H3. The van der Waals surface area contributed by atoms with Crippen LogP contribution in [0.25, 0.3) is 10.9 Å². The van der Waals surface area contributed by atoms with E-state index in [1.54, 1.807) is 9.80 Å². The van der Waals surface area contributed by atoms with E-state index in [9.17, 15) is 14.4 Å². The Labute approximate surface area is 191 Å².